The zero-order chi connectivity index (χ0) is 9.40. The Morgan fingerprint density at radius 3 is 2.17 bits per heavy atom. The highest BCUT2D eigenvalue weighted by molar-refractivity contribution is 5.59. The first-order valence-electron chi connectivity index (χ1n) is 4.64. The number of hydrogen-bond acceptors (Lipinski definition) is 1. The van der Waals surface area contributed by atoms with Crippen molar-refractivity contribution in [3.63, 3.8) is 0 Å². The van der Waals surface area contributed by atoms with E-state index < -0.39 is 0 Å². The van der Waals surface area contributed by atoms with E-state index in [0.29, 0.717) is 0 Å². The third kappa shape index (κ3) is 3.51. The van der Waals surface area contributed by atoms with Gasteiger partial charge in [0, 0.05) is 6.21 Å². The van der Waals surface area contributed by atoms with Crippen LogP contribution < -0.4 is 0 Å². The summed E-state index contributed by atoms with van der Waals surface area (Å²) < 4.78 is 0. The number of rotatable bonds is 4. The molecule has 0 aliphatic rings. The first-order valence-corrected chi connectivity index (χ1v) is 4.64. The minimum Gasteiger partial charge on any atom is -0.261 e. The Morgan fingerprint density at radius 1 is 1.17 bits per heavy atom. The van der Waals surface area contributed by atoms with Gasteiger partial charge in [-0.3, -0.25) is 4.99 Å². The standard InChI is InChI=1S/C11H19N/c1-5-9-12-11(8-4)10(6-2)7-3/h6,8-9H,5,7H2,1-4H3/b10-6+,11-8-,12-9?. The third-order valence-electron chi connectivity index (χ3n) is 1.74. The second-order valence-electron chi connectivity index (χ2n) is 2.56. The van der Waals surface area contributed by atoms with Crippen LogP contribution in [0.25, 0.3) is 0 Å². The summed E-state index contributed by atoms with van der Waals surface area (Å²) in [6.07, 6.45) is 8.19. The Kier molecular flexibility index (Phi) is 6.35. The van der Waals surface area contributed by atoms with E-state index in [1.807, 2.05) is 13.1 Å². The second kappa shape index (κ2) is 6.84. The lowest BCUT2D eigenvalue weighted by Gasteiger charge is -2.02. The van der Waals surface area contributed by atoms with E-state index in [4.69, 9.17) is 0 Å². The van der Waals surface area contributed by atoms with Gasteiger partial charge < -0.3 is 0 Å². The van der Waals surface area contributed by atoms with Crippen LogP contribution in [0.5, 0.6) is 0 Å². The maximum atomic E-state index is 4.37. The van der Waals surface area contributed by atoms with Crippen molar-refractivity contribution in [3.8, 4) is 0 Å². The lowest BCUT2D eigenvalue weighted by Crippen LogP contribution is -1.85. The van der Waals surface area contributed by atoms with Gasteiger partial charge in [0.2, 0.25) is 0 Å². The predicted molar refractivity (Wildman–Crippen MR) is 56.6 cm³/mol. The van der Waals surface area contributed by atoms with E-state index in [9.17, 15) is 0 Å². The number of allylic oxidation sites excluding steroid dienone is 3. The normalized spacial score (nSPS) is 14.3. The van der Waals surface area contributed by atoms with Crippen LogP contribution in [0.1, 0.15) is 40.5 Å². The van der Waals surface area contributed by atoms with Crippen molar-refractivity contribution < 1.29 is 0 Å². The monoisotopic (exact) mass is 165 g/mol. The first kappa shape index (κ1) is 11.2. The van der Waals surface area contributed by atoms with Crippen LogP contribution in [0.2, 0.25) is 0 Å². The van der Waals surface area contributed by atoms with Gasteiger partial charge in [0.25, 0.3) is 0 Å². The van der Waals surface area contributed by atoms with Crippen molar-refractivity contribution >= 4 is 6.21 Å². The quantitative estimate of drug-likeness (QED) is 0.444. The Morgan fingerprint density at radius 2 is 1.83 bits per heavy atom. The van der Waals surface area contributed by atoms with Gasteiger partial charge in [-0.2, -0.15) is 0 Å². The van der Waals surface area contributed by atoms with Crippen molar-refractivity contribution in [1.29, 1.82) is 0 Å². The molecule has 0 radical (unpaired) electrons. The van der Waals surface area contributed by atoms with E-state index in [-0.39, 0.29) is 0 Å². The zero-order valence-electron chi connectivity index (χ0n) is 8.59. The minimum absolute atomic E-state index is 0.998. The summed E-state index contributed by atoms with van der Waals surface area (Å²) in [4.78, 5) is 4.37. The van der Waals surface area contributed by atoms with Crippen LogP contribution in [0.3, 0.4) is 0 Å². The van der Waals surface area contributed by atoms with Crippen molar-refractivity contribution in [2.75, 3.05) is 0 Å². The lowest BCUT2D eigenvalue weighted by molar-refractivity contribution is 1.08. The van der Waals surface area contributed by atoms with E-state index in [1.54, 1.807) is 0 Å². The topological polar surface area (TPSA) is 12.4 Å². The SMILES string of the molecule is C/C=C(N=CCC)/C(=C/C)CC. The van der Waals surface area contributed by atoms with E-state index in [1.165, 1.54) is 5.57 Å². The fourth-order valence-electron chi connectivity index (χ4n) is 1.07. The molecule has 0 atom stereocenters. The summed E-state index contributed by atoms with van der Waals surface area (Å²) in [6, 6.07) is 0. The van der Waals surface area contributed by atoms with Gasteiger partial charge in [-0.1, -0.05) is 26.0 Å². The summed E-state index contributed by atoms with van der Waals surface area (Å²) in [7, 11) is 0. The second-order valence-corrected chi connectivity index (χ2v) is 2.56. The van der Waals surface area contributed by atoms with Crippen LogP contribution >= 0.6 is 0 Å². The van der Waals surface area contributed by atoms with Crippen molar-refractivity contribution in [3.05, 3.63) is 23.4 Å². The molecular weight excluding hydrogens is 146 g/mol. The van der Waals surface area contributed by atoms with Gasteiger partial charge in [-0.25, -0.2) is 0 Å². The number of hydrogen-bond donors (Lipinski definition) is 0. The van der Waals surface area contributed by atoms with Gasteiger partial charge in [0.05, 0.1) is 5.70 Å². The fraction of sp³-hybridized carbons (Fsp3) is 0.545. The van der Waals surface area contributed by atoms with Crippen LogP contribution in [0.15, 0.2) is 28.4 Å². The first-order chi connectivity index (χ1) is 5.79. The van der Waals surface area contributed by atoms with Crippen LogP contribution in [-0.4, -0.2) is 6.21 Å². The lowest BCUT2D eigenvalue weighted by atomic mass is 10.1. The molecule has 0 aromatic heterocycles. The molecule has 0 saturated carbocycles. The molecule has 0 bridgehead atoms. The third-order valence-corrected chi connectivity index (χ3v) is 1.74. The maximum Gasteiger partial charge on any atom is 0.0611 e. The average molecular weight is 165 g/mol. The van der Waals surface area contributed by atoms with Gasteiger partial charge in [-0.15, -0.1) is 0 Å². The molecule has 0 aliphatic carbocycles. The summed E-state index contributed by atoms with van der Waals surface area (Å²) in [5.74, 6) is 0. The Hall–Kier alpha value is -0.850. The maximum absolute atomic E-state index is 4.37. The zero-order valence-corrected chi connectivity index (χ0v) is 8.59. The molecule has 0 spiro atoms. The highest BCUT2D eigenvalue weighted by Crippen LogP contribution is 2.14. The summed E-state index contributed by atoms with van der Waals surface area (Å²) in [5.41, 5.74) is 2.43. The molecule has 0 aromatic rings. The van der Waals surface area contributed by atoms with Gasteiger partial charge in [0.1, 0.15) is 0 Å². The smallest absolute Gasteiger partial charge is 0.0611 e. The molecule has 68 valence electrons. The molecule has 0 heterocycles. The fourth-order valence-corrected chi connectivity index (χ4v) is 1.07. The van der Waals surface area contributed by atoms with Crippen molar-refractivity contribution in [2.45, 2.75) is 40.5 Å². The summed E-state index contributed by atoms with van der Waals surface area (Å²) >= 11 is 0. The molecule has 0 N–H and O–H groups in total. The Bertz CT molecular complexity index is 197. The largest absolute Gasteiger partial charge is 0.261 e. The van der Waals surface area contributed by atoms with E-state index >= 15 is 0 Å². The van der Waals surface area contributed by atoms with Crippen LogP contribution in [0, 0.1) is 0 Å². The molecule has 12 heavy (non-hydrogen) atoms. The highest BCUT2D eigenvalue weighted by atomic mass is 14.7. The van der Waals surface area contributed by atoms with Gasteiger partial charge in [-0.05, 0) is 32.3 Å². The average Bonchev–Trinajstić information content (AvgIpc) is 2.12. The summed E-state index contributed by atoms with van der Waals surface area (Å²) in [5, 5.41) is 0. The molecule has 1 nitrogen and oxygen atoms in total. The molecule has 0 fully saturated rings. The van der Waals surface area contributed by atoms with Crippen molar-refractivity contribution in [1.82, 2.24) is 0 Å². The number of aliphatic imine (C=N–C) groups is 1. The molecule has 0 saturated heterocycles. The van der Waals surface area contributed by atoms with Crippen LogP contribution in [0.4, 0.5) is 0 Å². The molecule has 0 unspecified atom stereocenters. The highest BCUT2D eigenvalue weighted by Gasteiger charge is 1.96. The number of nitrogens with zero attached hydrogens (tertiary/aromatic N) is 1. The Balaban J connectivity index is 4.46. The van der Waals surface area contributed by atoms with Crippen LogP contribution in [-0.2, 0) is 0 Å². The Labute approximate surface area is 75.9 Å². The molecule has 0 aromatic carbocycles. The molecule has 1 heteroatoms. The van der Waals surface area contributed by atoms with E-state index in [0.717, 1.165) is 18.5 Å². The molecular formula is C11H19N. The summed E-state index contributed by atoms with van der Waals surface area (Å²) in [6.45, 7) is 8.34. The molecule has 0 rings (SSSR count). The molecule has 0 amide bonds. The van der Waals surface area contributed by atoms with Crippen molar-refractivity contribution in [2.24, 2.45) is 4.99 Å². The minimum atomic E-state index is 0.998. The van der Waals surface area contributed by atoms with E-state index in [2.05, 4.69) is 37.9 Å². The molecule has 0 aliphatic heterocycles. The predicted octanol–water partition coefficient (Wildman–Crippen LogP) is 3.73. The van der Waals surface area contributed by atoms with Gasteiger partial charge >= 0.3 is 0 Å². The van der Waals surface area contributed by atoms with Gasteiger partial charge in [0.15, 0.2) is 0 Å².